The zero-order valence-corrected chi connectivity index (χ0v) is 12.1. The van der Waals surface area contributed by atoms with Crippen LogP contribution >= 0.6 is 0 Å². The van der Waals surface area contributed by atoms with Crippen molar-refractivity contribution in [2.24, 2.45) is 5.73 Å². The molecule has 0 saturated heterocycles. The van der Waals surface area contributed by atoms with Gasteiger partial charge in [-0.1, -0.05) is 12.1 Å². The Hall–Kier alpha value is -1.10. The normalized spacial score (nSPS) is 15.8. The van der Waals surface area contributed by atoms with Crippen molar-refractivity contribution in [1.82, 2.24) is 5.32 Å². The lowest BCUT2D eigenvalue weighted by atomic mass is 9.91. The number of ether oxygens (including phenoxy) is 1. The quantitative estimate of drug-likeness (QED) is 0.664. The van der Waals surface area contributed by atoms with E-state index in [0.29, 0.717) is 6.54 Å². The van der Waals surface area contributed by atoms with Crippen molar-refractivity contribution in [3.8, 4) is 5.75 Å². The van der Waals surface area contributed by atoms with E-state index >= 15 is 0 Å². The van der Waals surface area contributed by atoms with Crippen molar-refractivity contribution in [2.45, 2.75) is 38.3 Å². The van der Waals surface area contributed by atoms with Crippen molar-refractivity contribution in [3.63, 3.8) is 0 Å². The molecule has 1 aromatic carbocycles. The highest BCUT2D eigenvalue weighted by Crippen LogP contribution is 2.17. The van der Waals surface area contributed by atoms with Crippen LogP contribution in [0.4, 0.5) is 0 Å². The Labute approximate surface area is 116 Å². The minimum Gasteiger partial charge on any atom is -0.497 e. The third kappa shape index (κ3) is 5.19. The molecule has 2 unspecified atom stereocenters. The molecule has 0 saturated carbocycles. The summed E-state index contributed by atoms with van der Waals surface area (Å²) in [5.41, 5.74) is 6.96. The molecule has 19 heavy (non-hydrogen) atoms. The van der Waals surface area contributed by atoms with Gasteiger partial charge in [-0.05, 0) is 44.4 Å². The van der Waals surface area contributed by atoms with Gasteiger partial charge in [0.2, 0.25) is 0 Å². The molecule has 0 bridgehead atoms. The summed E-state index contributed by atoms with van der Waals surface area (Å²) in [6, 6.07) is 8.29. The molecule has 0 heterocycles. The van der Waals surface area contributed by atoms with Crippen LogP contribution < -0.4 is 15.8 Å². The molecule has 4 N–H and O–H groups in total. The van der Waals surface area contributed by atoms with E-state index in [2.05, 4.69) is 31.3 Å². The number of aliphatic hydroxyl groups is 1. The van der Waals surface area contributed by atoms with Crippen molar-refractivity contribution in [3.05, 3.63) is 29.8 Å². The predicted molar refractivity (Wildman–Crippen MR) is 78.5 cm³/mol. The van der Waals surface area contributed by atoms with Crippen LogP contribution in [0.3, 0.4) is 0 Å². The summed E-state index contributed by atoms with van der Waals surface area (Å²) in [6.45, 7) is 4.93. The summed E-state index contributed by atoms with van der Waals surface area (Å²) in [7, 11) is 1.66. The Morgan fingerprint density at radius 2 is 2.00 bits per heavy atom. The summed E-state index contributed by atoms with van der Waals surface area (Å²) in [5, 5.41) is 12.5. The van der Waals surface area contributed by atoms with Crippen LogP contribution in [0.15, 0.2) is 24.3 Å². The minimum atomic E-state index is -0.164. The van der Waals surface area contributed by atoms with Crippen LogP contribution in [0.1, 0.15) is 25.8 Å². The molecule has 4 heteroatoms. The third-order valence-electron chi connectivity index (χ3n) is 3.36. The van der Waals surface area contributed by atoms with Crippen LogP contribution in [-0.4, -0.2) is 36.9 Å². The van der Waals surface area contributed by atoms with Crippen LogP contribution in [0, 0.1) is 0 Å². The lowest BCUT2D eigenvalue weighted by molar-refractivity contribution is 0.243. The molecule has 0 spiro atoms. The van der Waals surface area contributed by atoms with Crippen LogP contribution in [0.2, 0.25) is 0 Å². The topological polar surface area (TPSA) is 67.5 Å². The molecule has 1 aromatic rings. The van der Waals surface area contributed by atoms with Crippen LogP contribution in [0.25, 0.3) is 0 Å². The Balaban J connectivity index is 2.67. The molecule has 0 fully saturated rings. The average Bonchev–Trinajstić information content (AvgIpc) is 2.39. The Kier molecular flexibility index (Phi) is 6.28. The molecule has 108 valence electrons. The maximum Gasteiger partial charge on any atom is 0.118 e. The summed E-state index contributed by atoms with van der Waals surface area (Å²) in [5.74, 6) is 0.861. The molecular weight excluding hydrogens is 240 g/mol. The van der Waals surface area contributed by atoms with E-state index in [1.807, 2.05) is 12.1 Å². The summed E-state index contributed by atoms with van der Waals surface area (Å²) >= 11 is 0. The number of rotatable bonds is 8. The molecule has 0 aromatic heterocycles. The van der Waals surface area contributed by atoms with Crippen molar-refractivity contribution >= 4 is 0 Å². The first kappa shape index (κ1) is 16.0. The fourth-order valence-electron chi connectivity index (χ4n) is 2.24. The molecule has 0 aliphatic carbocycles. The first-order valence-corrected chi connectivity index (χ1v) is 6.74. The zero-order chi connectivity index (χ0) is 14.3. The fourth-order valence-corrected chi connectivity index (χ4v) is 2.24. The highest BCUT2D eigenvalue weighted by atomic mass is 16.5. The lowest BCUT2D eigenvalue weighted by Crippen LogP contribution is -2.54. The van der Waals surface area contributed by atoms with Gasteiger partial charge in [-0.15, -0.1) is 0 Å². The second-order valence-corrected chi connectivity index (χ2v) is 5.35. The van der Waals surface area contributed by atoms with E-state index in [4.69, 9.17) is 15.6 Å². The van der Waals surface area contributed by atoms with Crippen molar-refractivity contribution in [2.75, 3.05) is 20.3 Å². The molecule has 2 atom stereocenters. The SMILES string of the molecule is COc1ccc(CC(C)(CN)NC(C)CCO)cc1. The number of hydrogen-bond donors (Lipinski definition) is 3. The van der Waals surface area contributed by atoms with Crippen molar-refractivity contribution < 1.29 is 9.84 Å². The van der Waals surface area contributed by atoms with Crippen molar-refractivity contribution in [1.29, 1.82) is 0 Å². The molecular formula is C15H26N2O2. The summed E-state index contributed by atoms with van der Waals surface area (Å²) in [4.78, 5) is 0. The Morgan fingerprint density at radius 1 is 1.37 bits per heavy atom. The van der Waals surface area contributed by atoms with E-state index in [9.17, 15) is 0 Å². The number of aliphatic hydroxyl groups excluding tert-OH is 1. The first-order chi connectivity index (χ1) is 9.03. The lowest BCUT2D eigenvalue weighted by Gasteiger charge is -2.33. The summed E-state index contributed by atoms with van der Waals surface area (Å²) in [6.07, 6.45) is 1.58. The van der Waals surface area contributed by atoms with Gasteiger partial charge in [0.25, 0.3) is 0 Å². The molecule has 4 nitrogen and oxygen atoms in total. The van der Waals surface area contributed by atoms with Gasteiger partial charge in [-0.25, -0.2) is 0 Å². The molecule has 1 rings (SSSR count). The van der Waals surface area contributed by atoms with Gasteiger partial charge < -0.3 is 20.9 Å². The van der Waals surface area contributed by atoms with Gasteiger partial charge in [-0.2, -0.15) is 0 Å². The maximum absolute atomic E-state index is 8.97. The summed E-state index contributed by atoms with van der Waals surface area (Å²) < 4.78 is 5.15. The molecule has 0 aliphatic rings. The highest BCUT2D eigenvalue weighted by molar-refractivity contribution is 5.28. The first-order valence-electron chi connectivity index (χ1n) is 6.74. The predicted octanol–water partition coefficient (Wildman–Crippen LogP) is 1.32. The maximum atomic E-state index is 8.97. The van der Waals surface area contributed by atoms with Gasteiger partial charge in [0.05, 0.1) is 7.11 Å². The third-order valence-corrected chi connectivity index (χ3v) is 3.36. The second-order valence-electron chi connectivity index (χ2n) is 5.35. The molecule has 0 amide bonds. The van der Waals surface area contributed by atoms with E-state index in [-0.39, 0.29) is 18.2 Å². The van der Waals surface area contributed by atoms with E-state index in [0.717, 1.165) is 18.6 Å². The fraction of sp³-hybridized carbons (Fsp3) is 0.600. The zero-order valence-electron chi connectivity index (χ0n) is 12.1. The smallest absolute Gasteiger partial charge is 0.118 e. The van der Waals surface area contributed by atoms with E-state index in [1.54, 1.807) is 7.11 Å². The van der Waals surface area contributed by atoms with Gasteiger partial charge in [0.15, 0.2) is 0 Å². The van der Waals surface area contributed by atoms with Crippen LogP contribution in [0.5, 0.6) is 5.75 Å². The molecule has 0 aliphatic heterocycles. The number of methoxy groups -OCH3 is 1. The standard InChI is InChI=1S/C15H26N2O2/c1-12(8-9-18)17-15(2,11-16)10-13-4-6-14(19-3)7-5-13/h4-7,12,17-18H,8-11,16H2,1-3H3. The number of nitrogens with one attached hydrogen (secondary N) is 1. The van der Waals surface area contributed by atoms with Gasteiger partial charge in [0.1, 0.15) is 5.75 Å². The number of nitrogens with two attached hydrogens (primary N) is 1. The monoisotopic (exact) mass is 266 g/mol. The average molecular weight is 266 g/mol. The second kappa shape index (κ2) is 7.48. The Morgan fingerprint density at radius 3 is 2.47 bits per heavy atom. The number of hydrogen-bond acceptors (Lipinski definition) is 4. The van der Waals surface area contributed by atoms with Gasteiger partial charge in [-0.3, -0.25) is 0 Å². The van der Waals surface area contributed by atoms with E-state index < -0.39 is 0 Å². The largest absolute Gasteiger partial charge is 0.497 e. The number of benzene rings is 1. The molecule has 0 radical (unpaired) electrons. The van der Waals surface area contributed by atoms with Crippen LogP contribution in [-0.2, 0) is 6.42 Å². The highest BCUT2D eigenvalue weighted by Gasteiger charge is 2.24. The van der Waals surface area contributed by atoms with E-state index in [1.165, 1.54) is 5.56 Å². The minimum absolute atomic E-state index is 0.164. The Bertz CT molecular complexity index is 367. The van der Waals surface area contributed by atoms with Gasteiger partial charge in [0, 0.05) is 24.7 Å². The van der Waals surface area contributed by atoms with Gasteiger partial charge >= 0.3 is 0 Å².